The van der Waals surface area contributed by atoms with Crippen molar-refractivity contribution < 1.29 is 17.9 Å². The maximum Gasteiger partial charge on any atom is 0.240 e. The van der Waals surface area contributed by atoms with E-state index in [1.807, 2.05) is 12.1 Å². The lowest BCUT2D eigenvalue weighted by molar-refractivity contribution is -0.135. The summed E-state index contributed by atoms with van der Waals surface area (Å²) in [5.41, 5.74) is 1.05. The molecular weight excluding hydrogens is 328 g/mol. The van der Waals surface area contributed by atoms with Gasteiger partial charge in [-0.25, -0.2) is 13.1 Å². The Morgan fingerprint density at radius 1 is 1.17 bits per heavy atom. The number of sulfonamides is 1. The van der Waals surface area contributed by atoms with Gasteiger partial charge in [-0.15, -0.1) is 0 Å². The van der Waals surface area contributed by atoms with Crippen LogP contribution in [0.1, 0.15) is 32.8 Å². The van der Waals surface area contributed by atoms with Gasteiger partial charge in [0.2, 0.25) is 15.9 Å². The van der Waals surface area contributed by atoms with E-state index >= 15 is 0 Å². The number of benzene rings is 1. The number of amides is 1. The summed E-state index contributed by atoms with van der Waals surface area (Å²) in [6.45, 7) is 8.54. The third-order valence-electron chi connectivity index (χ3n) is 4.03. The third kappa shape index (κ3) is 5.03. The largest absolute Gasteiger partial charge is 0.378 e. The van der Waals surface area contributed by atoms with Crippen LogP contribution < -0.4 is 4.72 Å². The van der Waals surface area contributed by atoms with Crippen molar-refractivity contribution in [2.75, 3.05) is 32.8 Å². The SMILES string of the molecule is CC(C)(C)c1ccc(S(=O)(=O)NCCC(=O)N2CCOCC2)cc1. The van der Waals surface area contributed by atoms with Gasteiger partial charge in [-0.1, -0.05) is 32.9 Å². The van der Waals surface area contributed by atoms with Crippen LogP contribution in [0.25, 0.3) is 0 Å². The van der Waals surface area contributed by atoms with Gasteiger partial charge in [-0.2, -0.15) is 0 Å². The van der Waals surface area contributed by atoms with Crippen molar-refractivity contribution >= 4 is 15.9 Å². The molecule has 1 fully saturated rings. The minimum atomic E-state index is -3.59. The molecule has 0 atom stereocenters. The van der Waals surface area contributed by atoms with Crippen LogP contribution in [0.15, 0.2) is 29.2 Å². The normalized spacial score (nSPS) is 16.2. The lowest BCUT2D eigenvalue weighted by Crippen LogP contribution is -2.42. The highest BCUT2D eigenvalue weighted by Gasteiger charge is 2.19. The number of carbonyl (C=O) groups is 1. The molecule has 0 aliphatic carbocycles. The highest BCUT2D eigenvalue weighted by Crippen LogP contribution is 2.23. The first-order valence-electron chi connectivity index (χ1n) is 8.16. The van der Waals surface area contributed by atoms with Crippen molar-refractivity contribution in [1.29, 1.82) is 0 Å². The molecule has 0 saturated carbocycles. The number of nitrogens with zero attached hydrogens (tertiary/aromatic N) is 1. The molecule has 2 rings (SSSR count). The van der Waals surface area contributed by atoms with Crippen molar-refractivity contribution in [3.05, 3.63) is 29.8 Å². The highest BCUT2D eigenvalue weighted by atomic mass is 32.2. The van der Waals surface area contributed by atoms with Gasteiger partial charge in [-0.05, 0) is 23.1 Å². The van der Waals surface area contributed by atoms with E-state index in [0.29, 0.717) is 26.3 Å². The van der Waals surface area contributed by atoms with Gasteiger partial charge in [0, 0.05) is 26.1 Å². The van der Waals surface area contributed by atoms with E-state index in [2.05, 4.69) is 25.5 Å². The Morgan fingerprint density at radius 3 is 2.29 bits per heavy atom. The van der Waals surface area contributed by atoms with E-state index < -0.39 is 10.0 Å². The minimum Gasteiger partial charge on any atom is -0.378 e. The molecule has 7 heteroatoms. The minimum absolute atomic E-state index is 0.0275. The lowest BCUT2D eigenvalue weighted by Gasteiger charge is -2.26. The van der Waals surface area contributed by atoms with Crippen LogP contribution in [0.2, 0.25) is 0 Å². The Kier molecular flexibility index (Phi) is 6.01. The molecular formula is C17H26N2O4S. The van der Waals surface area contributed by atoms with Crippen molar-refractivity contribution in [3.63, 3.8) is 0 Å². The summed E-state index contributed by atoms with van der Waals surface area (Å²) < 4.78 is 32.3. The summed E-state index contributed by atoms with van der Waals surface area (Å²) in [6, 6.07) is 6.86. The molecule has 24 heavy (non-hydrogen) atoms. The Hall–Kier alpha value is -1.44. The van der Waals surface area contributed by atoms with E-state index in [9.17, 15) is 13.2 Å². The van der Waals surface area contributed by atoms with Crippen LogP contribution in [-0.4, -0.2) is 52.1 Å². The molecule has 1 aliphatic heterocycles. The average molecular weight is 354 g/mol. The Bertz CT molecular complexity index is 657. The zero-order valence-electron chi connectivity index (χ0n) is 14.5. The Morgan fingerprint density at radius 2 is 1.75 bits per heavy atom. The molecule has 0 aromatic heterocycles. The van der Waals surface area contributed by atoms with Gasteiger partial charge in [-0.3, -0.25) is 4.79 Å². The number of ether oxygens (including phenoxy) is 1. The van der Waals surface area contributed by atoms with Gasteiger partial charge in [0.05, 0.1) is 18.1 Å². The van der Waals surface area contributed by atoms with Gasteiger partial charge in [0.1, 0.15) is 0 Å². The second kappa shape index (κ2) is 7.63. The van der Waals surface area contributed by atoms with E-state index in [1.54, 1.807) is 17.0 Å². The summed E-state index contributed by atoms with van der Waals surface area (Å²) >= 11 is 0. The molecule has 1 aliphatic rings. The summed E-state index contributed by atoms with van der Waals surface area (Å²) in [5, 5.41) is 0. The number of hydrogen-bond donors (Lipinski definition) is 1. The average Bonchev–Trinajstić information content (AvgIpc) is 2.55. The zero-order chi connectivity index (χ0) is 17.8. The van der Waals surface area contributed by atoms with Gasteiger partial charge in [0.15, 0.2) is 0 Å². The predicted octanol–water partition coefficient (Wildman–Crippen LogP) is 1.51. The number of rotatable bonds is 5. The summed E-state index contributed by atoms with van der Waals surface area (Å²) in [5.74, 6) is -0.0518. The van der Waals surface area contributed by atoms with Crippen LogP contribution in [0.5, 0.6) is 0 Å². The monoisotopic (exact) mass is 354 g/mol. The van der Waals surface area contributed by atoms with Crippen molar-refractivity contribution in [3.8, 4) is 0 Å². The fourth-order valence-corrected chi connectivity index (χ4v) is 3.51. The molecule has 1 saturated heterocycles. The second-order valence-electron chi connectivity index (χ2n) is 6.92. The van der Waals surface area contributed by atoms with E-state index in [-0.39, 0.29) is 29.2 Å². The van der Waals surface area contributed by atoms with E-state index in [1.165, 1.54) is 0 Å². The molecule has 134 valence electrons. The summed E-state index contributed by atoms with van der Waals surface area (Å²) in [6.07, 6.45) is 0.152. The third-order valence-corrected chi connectivity index (χ3v) is 5.50. The molecule has 1 heterocycles. The lowest BCUT2D eigenvalue weighted by atomic mass is 9.87. The zero-order valence-corrected chi connectivity index (χ0v) is 15.4. The number of nitrogens with one attached hydrogen (secondary N) is 1. The molecule has 1 amide bonds. The smallest absolute Gasteiger partial charge is 0.240 e. The van der Waals surface area contributed by atoms with Crippen molar-refractivity contribution in [2.24, 2.45) is 0 Å². The van der Waals surface area contributed by atoms with Crippen LogP contribution in [0.4, 0.5) is 0 Å². The van der Waals surface area contributed by atoms with Crippen molar-refractivity contribution in [1.82, 2.24) is 9.62 Å². The van der Waals surface area contributed by atoms with Gasteiger partial charge in [0.25, 0.3) is 0 Å². The van der Waals surface area contributed by atoms with Crippen molar-refractivity contribution in [2.45, 2.75) is 37.5 Å². The molecule has 0 radical (unpaired) electrons. The fraction of sp³-hybridized carbons (Fsp3) is 0.588. The molecule has 6 nitrogen and oxygen atoms in total. The number of morpholine rings is 1. The standard InChI is InChI=1S/C17H26N2O4S/c1-17(2,3)14-4-6-15(7-5-14)24(21,22)18-9-8-16(20)19-10-12-23-13-11-19/h4-7,18H,8-13H2,1-3H3. The quantitative estimate of drug-likeness (QED) is 0.870. The second-order valence-corrected chi connectivity index (χ2v) is 8.68. The molecule has 0 spiro atoms. The highest BCUT2D eigenvalue weighted by molar-refractivity contribution is 7.89. The predicted molar refractivity (Wildman–Crippen MR) is 92.3 cm³/mol. The molecule has 1 N–H and O–H groups in total. The maximum absolute atomic E-state index is 12.3. The molecule has 1 aromatic carbocycles. The topological polar surface area (TPSA) is 75.7 Å². The number of hydrogen-bond acceptors (Lipinski definition) is 4. The first-order valence-corrected chi connectivity index (χ1v) is 9.64. The number of carbonyl (C=O) groups excluding carboxylic acids is 1. The van der Waals surface area contributed by atoms with Crippen LogP contribution in [0, 0.1) is 0 Å². The van der Waals surface area contributed by atoms with Gasteiger partial charge >= 0.3 is 0 Å². The first-order chi connectivity index (χ1) is 11.2. The van der Waals surface area contributed by atoms with E-state index in [4.69, 9.17) is 4.74 Å². The molecule has 0 unspecified atom stereocenters. The van der Waals surface area contributed by atoms with Gasteiger partial charge < -0.3 is 9.64 Å². The van der Waals surface area contributed by atoms with E-state index in [0.717, 1.165) is 5.56 Å². The van der Waals surface area contributed by atoms with Crippen LogP contribution in [-0.2, 0) is 25.0 Å². The fourth-order valence-electron chi connectivity index (χ4n) is 2.48. The summed E-state index contributed by atoms with van der Waals surface area (Å²) in [7, 11) is -3.59. The Balaban J connectivity index is 1.90. The van der Waals surface area contributed by atoms with Crippen LogP contribution in [0.3, 0.4) is 0 Å². The molecule has 1 aromatic rings. The summed E-state index contributed by atoms with van der Waals surface area (Å²) in [4.78, 5) is 13.9. The maximum atomic E-state index is 12.3. The first kappa shape index (κ1) is 18.9. The van der Waals surface area contributed by atoms with Crippen LogP contribution >= 0.6 is 0 Å². The molecule has 0 bridgehead atoms. The Labute approximate surface area is 144 Å².